The Balaban J connectivity index is 1.80. The van der Waals surface area contributed by atoms with Crippen molar-refractivity contribution < 1.29 is 0 Å². The first-order valence-electron chi connectivity index (χ1n) is 6.73. The van der Waals surface area contributed by atoms with Crippen LogP contribution >= 0.6 is 0 Å². The zero-order chi connectivity index (χ0) is 10.7. The highest BCUT2D eigenvalue weighted by Crippen LogP contribution is 2.29. The molecule has 1 saturated carbocycles. The second-order valence-electron chi connectivity index (χ2n) is 5.72. The fraction of sp³-hybridized carbons (Fsp3) is 1.00. The van der Waals surface area contributed by atoms with E-state index in [0.717, 1.165) is 12.5 Å². The van der Waals surface area contributed by atoms with Crippen molar-refractivity contribution in [2.45, 2.75) is 57.4 Å². The van der Waals surface area contributed by atoms with Gasteiger partial charge < -0.3 is 10.6 Å². The van der Waals surface area contributed by atoms with Gasteiger partial charge in [0.2, 0.25) is 0 Å². The first kappa shape index (κ1) is 11.4. The highest BCUT2D eigenvalue weighted by atomic mass is 15.2. The lowest BCUT2D eigenvalue weighted by molar-refractivity contribution is 0.193. The summed E-state index contributed by atoms with van der Waals surface area (Å²) in [6.45, 7) is 6.06. The maximum absolute atomic E-state index is 6.48. The van der Waals surface area contributed by atoms with E-state index >= 15 is 0 Å². The Morgan fingerprint density at radius 3 is 2.60 bits per heavy atom. The number of likely N-dealkylation sites (tertiary alicyclic amines) is 1. The van der Waals surface area contributed by atoms with Crippen molar-refractivity contribution in [3.05, 3.63) is 0 Å². The lowest BCUT2D eigenvalue weighted by Crippen LogP contribution is -2.50. The molecule has 1 atom stereocenters. The van der Waals surface area contributed by atoms with Crippen LogP contribution in [0.1, 0.15) is 51.9 Å². The average molecular weight is 210 g/mol. The maximum Gasteiger partial charge on any atom is 0.0283 e. The van der Waals surface area contributed by atoms with Crippen LogP contribution in [-0.4, -0.2) is 30.1 Å². The summed E-state index contributed by atoms with van der Waals surface area (Å²) < 4.78 is 0. The summed E-state index contributed by atoms with van der Waals surface area (Å²) in [4.78, 5) is 2.61. The highest BCUT2D eigenvalue weighted by Gasteiger charge is 2.32. The summed E-state index contributed by atoms with van der Waals surface area (Å²) in [6.07, 6.45) is 9.33. The van der Waals surface area contributed by atoms with Crippen LogP contribution < -0.4 is 5.73 Å². The van der Waals surface area contributed by atoms with Crippen LogP contribution in [0.2, 0.25) is 0 Å². The molecule has 2 rings (SSSR count). The summed E-state index contributed by atoms with van der Waals surface area (Å²) >= 11 is 0. The number of hydrogen-bond acceptors (Lipinski definition) is 2. The van der Waals surface area contributed by atoms with Crippen molar-refractivity contribution >= 4 is 0 Å². The van der Waals surface area contributed by atoms with Gasteiger partial charge in [-0.15, -0.1) is 0 Å². The predicted octanol–water partition coefficient (Wildman–Crippen LogP) is 2.38. The second kappa shape index (κ2) is 4.84. The van der Waals surface area contributed by atoms with E-state index in [9.17, 15) is 0 Å². The van der Waals surface area contributed by atoms with E-state index in [2.05, 4.69) is 11.8 Å². The Morgan fingerprint density at radius 2 is 2.00 bits per heavy atom. The van der Waals surface area contributed by atoms with Crippen molar-refractivity contribution in [1.29, 1.82) is 0 Å². The van der Waals surface area contributed by atoms with E-state index in [1.54, 1.807) is 0 Å². The maximum atomic E-state index is 6.48. The highest BCUT2D eigenvalue weighted by molar-refractivity contribution is 4.92. The lowest BCUT2D eigenvalue weighted by Gasteiger charge is -2.36. The summed E-state index contributed by atoms with van der Waals surface area (Å²) in [7, 11) is 0. The Morgan fingerprint density at radius 1 is 1.27 bits per heavy atom. The molecule has 88 valence electrons. The minimum atomic E-state index is 0.154. The second-order valence-corrected chi connectivity index (χ2v) is 5.72. The van der Waals surface area contributed by atoms with E-state index in [0.29, 0.717) is 0 Å². The van der Waals surface area contributed by atoms with Gasteiger partial charge in [-0.25, -0.2) is 0 Å². The molecule has 0 amide bonds. The number of rotatable bonds is 3. The van der Waals surface area contributed by atoms with E-state index < -0.39 is 0 Å². The molecule has 1 aliphatic carbocycles. The van der Waals surface area contributed by atoms with Gasteiger partial charge in [0.05, 0.1) is 0 Å². The number of hydrogen-bond donors (Lipinski definition) is 1. The van der Waals surface area contributed by atoms with Gasteiger partial charge in [-0.3, -0.25) is 0 Å². The van der Waals surface area contributed by atoms with E-state index in [1.807, 2.05) is 0 Å². The number of nitrogens with two attached hydrogens (primary N) is 1. The normalized spacial score (nSPS) is 32.0. The van der Waals surface area contributed by atoms with Crippen LogP contribution in [0.25, 0.3) is 0 Å². The fourth-order valence-electron chi connectivity index (χ4n) is 3.25. The molecule has 2 aliphatic rings. The molecule has 0 aromatic rings. The Labute approximate surface area is 94.2 Å². The third kappa shape index (κ3) is 2.94. The summed E-state index contributed by atoms with van der Waals surface area (Å²) in [5.41, 5.74) is 6.64. The lowest BCUT2D eigenvalue weighted by atomic mass is 9.82. The van der Waals surface area contributed by atoms with E-state index in [1.165, 1.54) is 58.0 Å². The molecular weight excluding hydrogens is 184 g/mol. The summed E-state index contributed by atoms with van der Waals surface area (Å²) in [5.74, 6) is 0.942. The van der Waals surface area contributed by atoms with Gasteiger partial charge >= 0.3 is 0 Å². The minimum Gasteiger partial charge on any atom is -0.324 e. The molecule has 15 heavy (non-hydrogen) atoms. The molecule has 0 bridgehead atoms. The van der Waals surface area contributed by atoms with Gasteiger partial charge in [-0.1, -0.05) is 32.6 Å². The Kier molecular flexibility index (Phi) is 3.68. The molecule has 2 N–H and O–H groups in total. The standard InChI is InChI=1S/C13H26N2/c1-2-12-6-9-15(10-12)11-13(14)7-4-3-5-8-13/h12H,2-11,14H2,1H3. The van der Waals surface area contributed by atoms with Crippen LogP contribution in [0.15, 0.2) is 0 Å². The molecular formula is C13H26N2. The molecule has 0 radical (unpaired) electrons. The monoisotopic (exact) mass is 210 g/mol. The van der Waals surface area contributed by atoms with Crippen LogP contribution in [-0.2, 0) is 0 Å². The van der Waals surface area contributed by atoms with Gasteiger partial charge in [0.1, 0.15) is 0 Å². The van der Waals surface area contributed by atoms with Gasteiger partial charge in [0.15, 0.2) is 0 Å². The first-order valence-corrected chi connectivity index (χ1v) is 6.73. The predicted molar refractivity (Wildman–Crippen MR) is 64.8 cm³/mol. The zero-order valence-corrected chi connectivity index (χ0v) is 10.2. The molecule has 0 aromatic carbocycles. The van der Waals surface area contributed by atoms with Gasteiger partial charge in [-0.2, -0.15) is 0 Å². The van der Waals surface area contributed by atoms with Crippen molar-refractivity contribution in [2.24, 2.45) is 11.7 Å². The number of nitrogens with zero attached hydrogens (tertiary/aromatic N) is 1. The largest absolute Gasteiger partial charge is 0.324 e. The van der Waals surface area contributed by atoms with Crippen molar-refractivity contribution in [1.82, 2.24) is 4.90 Å². The molecule has 1 saturated heterocycles. The molecule has 0 spiro atoms. The van der Waals surface area contributed by atoms with Crippen molar-refractivity contribution in [3.8, 4) is 0 Å². The third-order valence-electron chi connectivity index (χ3n) is 4.34. The third-order valence-corrected chi connectivity index (χ3v) is 4.34. The Hall–Kier alpha value is -0.0800. The van der Waals surface area contributed by atoms with Gasteiger partial charge in [-0.05, 0) is 31.7 Å². The average Bonchev–Trinajstić information content (AvgIpc) is 2.66. The van der Waals surface area contributed by atoms with Crippen LogP contribution in [0.4, 0.5) is 0 Å². The Bertz CT molecular complexity index is 197. The molecule has 2 nitrogen and oxygen atoms in total. The fourth-order valence-corrected chi connectivity index (χ4v) is 3.25. The molecule has 0 aromatic heterocycles. The zero-order valence-electron chi connectivity index (χ0n) is 10.2. The SMILES string of the molecule is CCC1CCN(CC2(N)CCCCC2)C1. The van der Waals surface area contributed by atoms with E-state index in [4.69, 9.17) is 5.73 Å². The van der Waals surface area contributed by atoms with Crippen LogP contribution in [0.5, 0.6) is 0 Å². The van der Waals surface area contributed by atoms with Gasteiger partial charge in [0, 0.05) is 18.6 Å². The molecule has 2 fully saturated rings. The topological polar surface area (TPSA) is 29.3 Å². The molecule has 1 aliphatic heterocycles. The first-order chi connectivity index (χ1) is 7.22. The van der Waals surface area contributed by atoms with Crippen LogP contribution in [0.3, 0.4) is 0 Å². The quantitative estimate of drug-likeness (QED) is 0.775. The molecule has 2 heteroatoms. The summed E-state index contributed by atoms with van der Waals surface area (Å²) in [6, 6.07) is 0. The van der Waals surface area contributed by atoms with Crippen LogP contribution in [0, 0.1) is 5.92 Å². The smallest absolute Gasteiger partial charge is 0.0283 e. The van der Waals surface area contributed by atoms with Crippen molar-refractivity contribution in [3.63, 3.8) is 0 Å². The minimum absolute atomic E-state index is 0.154. The summed E-state index contributed by atoms with van der Waals surface area (Å²) in [5, 5.41) is 0. The molecule has 1 heterocycles. The van der Waals surface area contributed by atoms with E-state index in [-0.39, 0.29) is 5.54 Å². The van der Waals surface area contributed by atoms with Crippen molar-refractivity contribution in [2.75, 3.05) is 19.6 Å². The van der Waals surface area contributed by atoms with Gasteiger partial charge in [0.25, 0.3) is 0 Å². The molecule has 1 unspecified atom stereocenters.